The third kappa shape index (κ3) is 3.05. The summed E-state index contributed by atoms with van der Waals surface area (Å²) < 4.78 is 26.3. The lowest BCUT2D eigenvalue weighted by Gasteiger charge is -2.35. The molecule has 1 aliphatic rings. The maximum atomic E-state index is 12.5. The molecule has 0 radical (unpaired) electrons. The predicted molar refractivity (Wildman–Crippen MR) is 72.4 cm³/mol. The average molecular weight is 285 g/mol. The van der Waals surface area contributed by atoms with Crippen LogP contribution in [-0.2, 0) is 10.0 Å². The molecule has 0 amide bonds. The normalized spacial score (nSPS) is 25.2. The number of aliphatic hydroxyl groups is 1. The van der Waals surface area contributed by atoms with E-state index >= 15 is 0 Å². The number of rotatable bonds is 3. The molecule has 0 aliphatic carbocycles. The molecule has 2 rings (SSSR count). The fraction of sp³-hybridized carbons (Fsp3) is 0.583. The smallest absolute Gasteiger partial charge is 0.243 e. The molecule has 1 atom stereocenters. The lowest BCUT2D eigenvalue weighted by Crippen LogP contribution is -2.48. The van der Waals surface area contributed by atoms with E-state index in [0.717, 1.165) is 0 Å². The highest BCUT2D eigenvalue weighted by Crippen LogP contribution is 2.26. The van der Waals surface area contributed by atoms with Gasteiger partial charge in [0.05, 0.1) is 10.5 Å². The first-order chi connectivity index (χ1) is 8.85. The Morgan fingerprint density at radius 1 is 1.53 bits per heavy atom. The minimum atomic E-state index is -3.57. The van der Waals surface area contributed by atoms with Crippen molar-refractivity contribution < 1.29 is 13.5 Å². The second-order valence-corrected chi connectivity index (χ2v) is 7.00. The largest absolute Gasteiger partial charge is 0.389 e. The minimum absolute atomic E-state index is 0.131. The highest BCUT2D eigenvalue weighted by Gasteiger charge is 2.35. The Labute approximate surface area is 113 Å². The standard InChI is InChI=1S/C12H19N3O3S/c1-12(16)5-3-7-15(9-12)19(17,18)10-4-6-14-11(8-10)13-2/h4,6,8,16H,3,5,7,9H2,1-2H3,(H,13,14). The summed E-state index contributed by atoms with van der Waals surface area (Å²) in [6, 6.07) is 2.97. The van der Waals surface area contributed by atoms with Gasteiger partial charge in [0.25, 0.3) is 0 Å². The number of piperidine rings is 1. The summed E-state index contributed by atoms with van der Waals surface area (Å²) in [5.41, 5.74) is -0.954. The molecule has 0 aromatic carbocycles. The van der Waals surface area contributed by atoms with Crippen LogP contribution in [-0.4, -0.2) is 48.6 Å². The third-order valence-electron chi connectivity index (χ3n) is 3.27. The number of β-amino-alcohol motifs (C(OH)–C–C–N with tert-alkyl or cyclic N) is 1. The first-order valence-electron chi connectivity index (χ1n) is 6.21. The number of sulfonamides is 1. The second kappa shape index (κ2) is 5.07. The van der Waals surface area contributed by atoms with Crippen molar-refractivity contribution in [3.8, 4) is 0 Å². The van der Waals surface area contributed by atoms with Crippen LogP contribution in [0.2, 0.25) is 0 Å². The summed E-state index contributed by atoms with van der Waals surface area (Å²) in [4.78, 5) is 4.20. The number of pyridine rings is 1. The van der Waals surface area contributed by atoms with E-state index in [1.165, 1.54) is 22.6 Å². The van der Waals surface area contributed by atoms with E-state index in [4.69, 9.17) is 0 Å². The first-order valence-corrected chi connectivity index (χ1v) is 7.65. The number of nitrogens with zero attached hydrogens (tertiary/aromatic N) is 2. The Morgan fingerprint density at radius 3 is 2.89 bits per heavy atom. The summed E-state index contributed by atoms with van der Waals surface area (Å²) in [7, 11) is -1.89. The van der Waals surface area contributed by atoms with Crippen LogP contribution in [0.3, 0.4) is 0 Å². The fourth-order valence-electron chi connectivity index (χ4n) is 2.24. The van der Waals surface area contributed by atoms with Crippen LogP contribution in [0, 0.1) is 0 Å². The summed E-state index contributed by atoms with van der Waals surface area (Å²) in [5.74, 6) is 0.504. The molecular formula is C12H19N3O3S. The molecule has 1 aromatic heterocycles. The second-order valence-electron chi connectivity index (χ2n) is 5.07. The quantitative estimate of drug-likeness (QED) is 0.852. The van der Waals surface area contributed by atoms with Crippen LogP contribution in [0.15, 0.2) is 23.2 Å². The third-order valence-corrected chi connectivity index (χ3v) is 5.11. The summed E-state index contributed by atoms with van der Waals surface area (Å²) in [5, 5.41) is 12.8. The van der Waals surface area contributed by atoms with Gasteiger partial charge >= 0.3 is 0 Å². The van der Waals surface area contributed by atoms with Crippen LogP contribution in [0.5, 0.6) is 0 Å². The maximum Gasteiger partial charge on any atom is 0.243 e. The number of aromatic nitrogens is 1. The molecule has 1 saturated heterocycles. The van der Waals surface area contributed by atoms with Gasteiger partial charge in [0.15, 0.2) is 0 Å². The molecule has 2 heterocycles. The van der Waals surface area contributed by atoms with Crippen molar-refractivity contribution in [2.45, 2.75) is 30.3 Å². The Bertz CT molecular complexity index is 557. The highest BCUT2D eigenvalue weighted by atomic mass is 32.2. The molecule has 0 saturated carbocycles. The van der Waals surface area contributed by atoms with E-state index in [1.807, 2.05) is 0 Å². The zero-order chi connectivity index (χ0) is 14.1. The molecule has 0 bridgehead atoms. The lowest BCUT2D eigenvalue weighted by atomic mass is 9.97. The van der Waals surface area contributed by atoms with Crippen LogP contribution in [0.25, 0.3) is 0 Å². The van der Waals surface area contributed by atoms with Crippen molar-refractivity contribution >= 4 is 15.8 Å². The molecule has 1 fully saturated rings. The van der Waals surface area contributed by atoms with Gasteiger partial charge in [-0.25, -0.2) is 13.4 Å². The average Bonchev–Trinajstić information content (AvgIpc) is 2.37. The Hall–Kier alpha value is -1.18. The van der Waals surface area contributed by atoms with Crippen LogP contribution < -0.4 is 5.32 Å². The van der Waals surface area contributed by atoms with Gasteiger partial charge in [0.1, 0.15) is 5.82 Å². The number of nitrogens with one attached hydrogen (secondary N) is 1. The predicted octanol–water partition coefficient (Wildman–Crippen LogP) is 0.659. The van der Waals surface area contributed by atoms with Crippen molar-refractivity contribution in [1.29, 1.82) is 0 Å². The minimum Gasteiger partial charge on any atom is -0.389 e. The highest BCUT2D eigenvalue weighted by molar-refractivity contribution is 7.89. The molecule has 19 heavy (non-hydrogen) atoms. The van der Waals surface area contributed by atoms with E-state index in [-0.39, 0.29) is 11.4 Å². The topological polar surface area (TPSA) is 82.5 Å². The zero-order valence-electron chi connectivity index (χ0n) is 11.1. The fourth-order valence-corrected chi connectivity index (χ4v) is 3.85. The molecule has 1 aromatic rings. The first kappa shape index (κ1) is 14.2. The molecule has 106 valence electrons. The van der Waals surface area contributed by atoms with Gasteiger partial charge in [-0.3, -0.25) is 0 Å². The van der Waals surface area contributed by atoms with Gasteiger partial charge in [-0.2, -0.15) is 4.31 Å². The summed E-state index contributed by atoms with van der Waals surface area (Å²) >= 11 is 0. The van der Waals surface area contributed by atoms with Crippen LogP contribution in [0.4, 0.5) is 5.82 Å². The maximum absolute atomic E-state index is 12.5. The van der Waals surface area contributed by atoms with Crippen LogP contribution >= 0.6 is 0 Å². The van der Waals surface area contributed by atoms with Gasteiger partial charge in [-0.05, 0) is 25.8 Å². The van der Waals surface area contributed by atoms with Gasteiger partial charge in [-0.1, -0.05) is 0 Å². The molecule has 1 unspecified atom stereocenters. The van der Waals surface area contributed by atoms with E-state index in [9.17, 15) is 13.5 Å². The van der Waals surface area contributed by atoms with Crippen molar-refractivity contribution in [3.63, 3.8) is 0 Å². The number of anilines is 1. The monoisotopic (exact) mass is 285 g/mol. The Balaban J connectivity index is 2.31. The van der Waals surface area contributed by atoms with Crippen molar-refractivity contribution in [2.75, 3.05) is 25.5 Å². The molecule has 1 aliphatic heterocycles. The van der Waals surface area contributed by atoms with Gasteiger partial charge in [0, 0.05) is 32.4 Å². The lowest BCUT2D eigenvalue weighted by molar-refractivity contribution is 0.00940. The van der Waals surface area contributed by atoms with Crippen molar-refractivity contribution in [3.05, 3.63) is 18.3 Å². The van der Waals surface area contributed by atoms with Crippen LogP contribution in [0.1, 0.15) is 19.8 Å². The molecule has 0 spiro atoms. The Kier molecular flexibility index (Phi) is 3.80. The Morgan fingerprint density at radius 2 is 2.26 bits per heavy atom. The van der Waals surface area contributed by atoms with Gasteiger partial charge < -0.3 is 10.4 Å². The van der Waals surface area contributed by atoms with Crippen molar-refractivity contribution in [2.24, 2.45) is 0 Å². The van der Waals surface area contributed by atoms with E-state index in [0.29, 0.717) is 25.2 Å². The molecule has 2 N–H and O–H groups in total. The molecular weight excluding hydrogens is 266 g/mol. The summed E-state index contributed by atoms with van der Waals surface area (Å²) in [6.07, 6.45) is 2.74. The van der Waals surface area contributed by atoms with E-state index in [2.05, 4.69) is 10.3 Å². The number of hydrogen-bond acceptors (Lipinski definition) is 5. The number of hydrogen-bond donors (Lipinski definition) is 2. The van der Waals surface area contributed by atoms with Crippen molar-refractivity contribution in [1.82, 2.24) is 9.29 Å². The molecule has 6 nitrogen and oxygen atoms in total. The SMILES string of the molecule is CNc1cc(S(=O)(=O)N2CCCC(C)(O)C2)ccn1. The zero-order valence-corrected chi connectivity index (χ0v) is 11.9. The molecule has 7 heteroatoms. The van der Waals surface area contributed by atoms with Gasteiger partial charge in [0.2, 0.25) is 10.0 Å². The summed E-state index contributed by atoms with van der Waals surface area (Å²) in [6.45, 7) is 2.24. The van der Waals surface area contributed by atoms with E-state index in [1.54, 1.807) is 14.0 Å². The van der Waals surface area contributed by atoms with E-state index < -0.39 is 15.6 Å². The van der Waals surface area contributed by atoms with Gasteiger partial charge in [-0.15, -0.1) is 0 Å².